The Kier molecular flexibility index (Phi) is 8.82. The van der Waals surface area contributed by atoms with Gasteiger partial charge in [0, 0.05) is 32.8 Å². The van der Waals surface area contributed by atoms with Gasteiger partial charge in [-0.2, -0.15) is 0 Å². The highest BCUT2D eigenvalue weighted by molar-refractivity contribution is 14.0. The largest absolute Gasteiger partial charge is 0.466 e. The molecule has 0 fully saturated rings. The van der Waals surface area contributed by atoms with Crippen LogP contribution in [0.4, 0.5) is 0 Å². The first-order chi connectivity index (χ1) is 8.17. The van der Waals surface area contributed by atoms with E-state index in [0.717, 1.165) is 29.6 Å². The van der Waals surface area contributed by atoms with Crippen molar-refractivity contribution in [3.63, 3.8) is 0 Å². The van der Waals surface area contributed by atoms with Crippen LogP contribution in [0, 0.1) is 13.8 Å². The molecule has 0 amide bonds. The van der Waals surface area contributed by atoms with Crippen molar-refractivity contribution in [3.8, 4) is 0 Å². The quantitative estimate of drug-likeness (QED) is 0.361. The molecule has 0 aliphatic rings. The van der Waals surface area contributed by atoms with Gasteiger partial charge < -0.3 is 19.8 Å². The lowest BCUT2D eigenvalue weighted by Gasteiger charge is -2.10. The summed E-state index contributed by atoms with van der Waals surface area (Å²) in [5.74, 6) is 2.64. The van der Waals surface area contributed by atoms with Gasteiger partial charge in [0.25, 0.3) is 0 Å². The highest BCUT2D eigenvalue weighted by Gasteiger charge is 2.05. The Morgan fingerprint density at radius 2 is 2.11 bits per heavy atom. The second-order valence-electron chi connectivity index (χ2n) is 3.78. The Hall–Kier alpha value is -0.760. The van der Waals surface area contributed by atoms with Gasteiger partial charge in [0.1, 0.15) is 11.5 Å². The maximum atomic E-state index is 5.46. The van der Waals surface area contributed by atoms with Gasteiger partial charge in [0.05, 0.1) is 6.61 Å². The average molecular weight is 367 g/mol. The summed E-state index contributed by atoms with van der Waals surface area (Å²) in [4.78, 5) is 4.12. The number of hydrogen-bond donors (Lipinski definition) is 2. The zero-order valence-corrected chi connectivity index (χ0v) is 13.7. The molecule has 2 N–H and O–H groups in total. The molecule has 0 radical (unpaired) electrons. The molecule has 0 saturated carbocycles. The molecular formula is C12H22IN3O2. The highest BCUT2D eigenvalue weighted by Crippen LogP contribution is 2.12. The minimum atomic E-state index is 0. The molecule has 0 spiro atoms. The number of nitrogens with zero attached hydrogens (tertiary/aromatic N) is 1. The number of guanidine groups is 1. The molecule has 0 aliphatic heterocycles. The van der Waals surface area contributed by atoms with Crippen LogP contribution in [0.2, 0.25) is 0 Å². The van der Waals surface area contributed by atoms with Crippen LogP contribution in [0.3, 0.4) is 0 Å². The summed E-state index contributed by atoms with van der Waals surface area (Å²) >= 11 is 0. The Balaban J connectivity index is 0.00000289. The van der Waals surface area contributed by atoms with E-state index in [0.29, 0.717) is 13.2 Å². The molecule has 1 aromatic heterocycles. The van der Waals surface area contributed by atoms with Crippen molar-refractivity contribution in [1.29, 1.82) is 0 Å². The van der Waals surface area contributed by atoms with Gasteiger partial charge in [-0.15, -0.1) is 24.0 Å². The van der Waals surface area contributed by atoms with Gasteiger partial charge in [-0.3, -0.25) is 4.99 Å². The average Bonchev–Trinajstić information content (AvgIpc) is 2.62. The summed E-state index contributed by atoms with van der Waals surface area (Å²) in [5.41, 5.74) is 1.15. The monoisotopic (exact) mass is 367 g/mol. The summed E-state index contributed by atoms with van der Waals surface area (Å²) in [6, 6.07) is 2.03. The van der Waals surface area contributed by atoms with Gasteiger partial charge in [0.15, 0.2) is 5.96 Å². The summed E-state index contributed by atoms with van der Waals surface area (Å²) in [6.07, 6.45) is 0. The third kappa shape index (κ3) is 5.72. The highest BCUT2D eigenvalue weighted by atomic mass is 127. The fourth-order valence-corrected chi connectivity index (χ4v) is 1.53. The number of nitrogens with one attached hydrogen (secondary N) is 2. The van der Waals surface area contributed by atoms with E-state index >= 15 is 0 Å². The van der Waals surface area contributed by atoms with Crippen LogP contribution in [-0.2, 0) is 11.3 Å². The standard InChI is InChI=1S/C12H21N3O2.HI/c1-9-7-11(10(2)17-9)8-15-12(13-3)14-5-6-16-4;/h7H,5-6,8H2,1-4H3,(H2,13,14,15);1H. The molecule has 104 valence electrons. The molecule has 6 heteroatoms. The normalized spacial score (nSPS) is 11.0. The lowest BCUT2D eigenvalue weighted by Crippen LogP contribution is -2.38. The smallest absolute Gasteiger partial charge is 0.191 e. The zero-order chi connectivity index (χ0) is 12.7. The number of furan rings is 1. The van der Waals surface area contributed by atoms with Gasteiger partial charge >= 0.3 is 0 Å². The number of hydrogen-bond acceptors (Lipinski definition) is 3. The molecule has 1 aromatic rings. The third-order valence-corrected chi connectivity index (χ3v) is 2.41. The van der Waals surface area contributed by atoms with Crippen LogP contribution >= 0.6 is 24.0 Å². The van der Waals surface area contributed by atoms with Crippen molar-refractivity contribution in [3.05, 3.63) is 23.2 Å². The second-order valence-corrected chi connectivity index (χ2v) is 3.78. The number of ether oxygens (including phenoxy) is 1. The Bertz CT molecular complexity index is 377. The first-order valence-corrected chi connectivity index (χ1v) is 5.66. The first kappa shape index (κ1) is 17.2. The number of halogens is 1. The van der Waals surface area contributed by atoms with Crippen LogP contribution < -0.4 is 10.6 Å². The van der Waals surface area contributed by atoms with Gasteiger partial charge in [-0.25, -0.2) is 0 Å². The maximum absolute atomic E-state index is 5.46. The number of aliphatic imine (C=N–C) groups is 1. The minimum absolute atomic E-state index is 0. The maximum Gasteiger partial charge on any atom is 0.191 e. The molecule has 1 heterocycles. The van der Waals surface area contributed by atoms with Crippen LogP contribution in [0.1, 0.15) is 17.1 Å². The lowest BCUT2D eigenvalue weighted by molar-refractivity contribution is 0.203. The van der Waals surface area contributed by atoms with Crippen LogP contribution in [-0.4, -0.2) is 33.3 Å². The molecule has 0 saturated heterocycles. The van der Waals surface area contributed by atoms with Gasteiger partial charge in [-0.1, -0.05) is 0 Å². The summed E-state index contributed by atoms with van der Waals surface area (Å²) in [5, 5.41) is 6.37. The molecule has 1 rings (SSSR count). The zero-order valence-electron chi connectivity index (χ0n) is 11.4. The van der Waals surface area contributed by atoms with E-state index in [-0.39, 0.29) is 24.0 Å². The Morgan fingerprint density at radius 3 is 2.61 bits per heavy atom. The lowest BCUT2D eigenvalue weighted by atomic mass is 10.2. The number of methoxy groups -OCH3 is 1. The van der Waals surface area contributed by atoms with Crippen molar-refractivity contribution in [2.75, 3.05) is 27.3 Å². The summed E-state index contributed by atoms with van der Waals surface area (Å²) in [6.45, 7) is 6.01. The predicted molar refractivity (Wildman–Crippen MR) is 83.7 cm³/mol. The first-order valence-electron chi connectivity index (χ1n) is 5.66. The molecule has 18 heavy (non-hydrogen) atoms. The number of aryl methyl sites for hydroxylation is 2. The van der Waals surface area contributed by atoms with Gasteiger partial charge in [0.2, 0.25) is 0 Å². The van der Waals surface area contributed by atoms with E-state index in [1.54, 1.807) is 14.2 Å². The van der Waals surface area contributed by atoms with Crippen molar-refractivity contribution in [2.45, 2.75) is 20.4 Å². The second kappa shape index (κ2) is 9.21. The van der Waals surface area contributed by atoms with Gasteiger partial charge in [-0.05, 0) is 19.9 Å². The molecular weight excluding hydrogens is 345 g/mol. The SMILES string of the molecule is CN=C(NCCOC)NCc1cc(C)oc1C.I. The van der Waals surface area contributed by atoms with Crippen molar-refractivity contribution < 1.29 is 9.15 Å². The Labute approximate surface area is 125 Å². The fraction of sp³-hybridized carbons (Fsp3) is 0.583. The predicted octanol–water partition coefficient (Wildman–Crippen LogP) is 1.83. The molecule has 0 unspecified atom stereocenters. The van der Waals surface area contributed by atoms with E-state index in [4.69, 9.17) is 9.15 Å². The molecule has 0 aromatic carbocycles. The van der Waals surface area contributed by atoms with E-state index in [1.807, 2.05) is 19.9 Å². The van der Waals surface area contributed by atoms with E-state index < -0.39 is 0 Å². The topological polar surface area (TPSA) is 58.8 Å². The van der Waals surface area contributed by atoms with Crippen LogP contribution in [0.15, 0.2) is 15.5 Å². The third-order valence-electron chi connectivity index (χ3n) is 2.41. The molecule has 0 bridgehead atoms. The Morgan fingerprint density at radius 1 is 1.39 bits per heavy atom. The van der Waals surface area contributed by atoms with Crippen LogP contribution in [0.5, 0.6) is 0 Å². The minimum Gasteiger partial charge on any atom is -0.466 e. The summed E-state index contributed by atoms with van der Waals surface area (Å²) in [7, 11) is 3.42. The fourth-order valence-electron chi connectivity index (χ4n) is 1.53. The molecule has 5 nitrogen and oxygen atoms in total. The molecule has 0 atom stereocenters. The van der Waals surface area contributed by atoms with E-state index in [2.05, 4.69) is 15.6 Å². The van der Waals surface area contributed by atoms with Crippen molar-refractivity contribution in [2.24, 2.45) is 4.99 Å². The van der Waals surface area contributed by atoms with Crippen LogP contribution in [0.25, 0.3) is 0 Å². The number of rotatable bonds is 5. The van der Waals surface area contributed by atoms with Crippen molar-refractivity contribution >= 4 is 29.9 Å². The van der Waals surface area contributed by atoms with E-state index in [9.17, 15) is 0 Å². The molecule has 0 aliphatic carbocycles. The van der Waals surface area contributed by atoms with E-state index in [1.165, 1.54) is 0 Å². The summed E-state index contributed by atoms with van der Waals surface area (Å²) < 4.78 is 10.4. The van der Waals surface area contributed by atoms with Crippen molar-refractivity contribution in [1.82, 2.24) is 10.6 Å².